The Morgan fingerprint density at radius 2 is 2.11 bits per heavy atom. The zero-order valence-electron chi connectivity index (χ0n) is 6.10. The Morgan fingerprint density at radius 3 is 2.44 bits per heavy atom. The van der Waals surface area contributed by atoms with Gasteiger partial charge in [-0.1, -0.05) is 20.3 Å². The van der Waals surface area contributed by atoms with Gasteiger partial charge in [0.2, 0.25) is 0 Å². The summed E-state index contributed by atoms with van der Waals surface area (Å²) in [6, 6.07) is 0. The molecule has 0 aliphatic carbocycles. The van der Waals surface area contributed by atoms with E-state index in [0.29, 0.717) is 5.92 Å². The summed E-state index contributed by atoms with van der Waals surface area (Å²) in [5.74, 6) is 0.446. The van der Waals surface area contributed by atoms with Crippen LogP contribution in [-0.2, 0) is 0 Å². The van der Waals surface area contributed by atoms with Crippen LogP contribution in [0.1, 0.15) is 26.7 Å². The van der Waals surface area contributed by atoms with Crippen LogP contribution < -0.4 is 0 Å². The molecule has 9 heavy (non-hydrogen) atoms. The predicted molar refractivity (Wildman–Crippen MR) is 40.8 cm³/mol. The average molecular weight is 151 g/mol. The van der Waals surface area contributed by atoms with Crippen molar-refractivity contribution >= 4 is 11.6 Å². The summed E-state index contributed by atoms with van der Waals surface area (Å²) >= 11 is 5.74. The Morgan fingerprint density at radius 1 is 1.56 bits per heavy atom. The average Bonchev–Trinajstić information content (AvgIpc) is 1.87. The second-order valence-electron chi connectivity index (χ2n) is 2.46. The first-order valence-corrected chi connectivity index (χ1v) is 3.91. The molecule has 2 atom stereocenters. The smallest absolute Gasteiger partial charge is 0.0597 e. The molecule has 0 heterocycles. The number of halogens is 1. The zero-order valence-corrected chi connectivity index (χ0v) is 6.86. The van der Waals surface area contributed by atoms with E-state index in [1.807, 2.05) is 0 Å². The van der Waals surface area contributed by atoms with Crippen molar-refractivity contribution in [2.45, 2.75) is 32.1 Å². The molecule has 56 valence electrons. The first-order valence-electron chi connectivity index (χ1n) is 3.47. The molecule has 0 saturated carbocycles. The number of aliphatic hydroxyl groups excluding tert-OH is 1. The molecule has 0 aromatic carbocycles. The number of aliphatic hydroxyl groups is 1. The van der Waals surface area contributed by atoms with Gasteiger partial charge in [0, 0.05) is 0 Å². The fourth-order valence-corrected chi connectivity index (χ4v) is 0.942. The van der Waals surface area contributed by atoms with Crippen LogP contribution >= 0.6 is 11.6 Å². The molecule has 0 bridgehead atoms. The van der Waals surface area contributed by atoms with Gasteiger partial charge in [-0.15, -0.1) is 11.6 Å². The highest BCUT2D eigenvalue weighted by atomic mass is 35.5. The standard InChI is InChI=1S/C7H15ClO/c1-3-4-6(2)7(8)5-9/h6-7,9H,3-5H2,1-2H3. The molecule has 0 aromatic rings. The lowest BCUT2D eigenvalue weighted by Gasteiger charge is -2.13. The molecule has 1 N–H and O–H groups in total. The topological polar surface area (TPSA) is 20.2 Å². The van der Waals surface area contributed by atoms with Gasteiger partial charge in [-0.25, -0.2) is 0 Å². The van der Waals surface area contributed by atoms with Crippen molar-refractivity contribution in [1.29, 1.82) is 0 Å². The van der Waals surface area contributed by atoms with E-state index < -0.39 is 0 Å². The molecule has 0 fully saturated rings. The maximum absolute atomic E-state index is 8.60. The minimum Gasteiger partial charge on any atom is -0.395 e. The summed E-state index contributed by atoms with van der Waals surface area (Å²) in [5, 5.41) is 8.55. The number of hydrogen-bond donors (Lipinski definition) is 1. The fraction of sp³-hybridized carbons (Fsp3) is 1.00. The van der Waals surface area contributed by atoms with Gasteiger partial charge in [0.1, 0.15) is 0 Å². The van der Waals surface area contributed by atoms with E-state index in [2.05, 4.69) is 13.8 Å². The first-order chi connectivity index (χ1) is 4.22. The largest absolute Gasteiger partial charge is 0.395 e. The molecule has 0 aliphatic rings. The second kappa shape index (κ2) is 5.07. The molecule has 0 amide bonds. The lowest BCUT2D eigenvalue weighted by Crippen LogP contribution is -2.15. The van der Waals surface area contributed by atoms with E-state index in [4.69, 9.17) is 16.7 Å². The zero-order chi connectivity index (χ0) is 7.28. The third-order valence-electron chi connectivity index (χ3n) is 1.54. The Bertz CT molecular complexity index is 65.9. The van der Waals surface area contributed by atoms with Gasteiger partial charge in [-0.3, -0.25) is 0 Å². The molecule has 0 radical (unpaired) electrons. The molecule has 2 unspecified atom stereocenters. The van der Waals surface area contributed by atoms with E-state index in [9.17, 15) is 0 Å². The van der Waals surface area contributed by atoms with Crippen LogP contribution in [0, 0.1) is 5.92 Å². The molecular formula is C7H15ClO. The van der Waals surface area contributed by atoms with Crippen LogP contribution in [-0.4, -0.2) is 17.1 Å². The van der Waals surface area contributed by atoms with Crippen LogP contribution in [0.5, 0.6) is 0 Å². The number of rotatable bonds is 4. The maximum Gasteiger partial charge on any atom is 0.0597 e. The van der Waals surface area contributed by atoms with Crippen molar-refractivity contribution in [1.82, 2.24) is 0 Å². The quantitative estimate of drug-likeness (QED) is 0.608. The third kappa shape index (κ3) is 3.77. The lowest BCUT2D eigenvalue weighted by atomic mass is 10.0. The van der Waals surface area contributed by atoms with Crippen molar-refractivity contribution in [3.63, 3.8) is 0 Å². The number of hydrogen-bond acceptors (Lipinski definition) is 1. The maximum atomic E-state index is 8.60. The second-order valence-corrected chi connectivity index (χ2v) is 3.03. The van der Waals surface area contributed by atoms with Crippen LogP contribution in [0.4, 0.5) is 0 Å². The highest BCUT2D eigenvalue weighted by Crippen LogP contribution is 2.14. The normalized spacial score (nSPS) is 17.3. The van der Waals surface area contributed by atoms with Crippen LogP contribution in [0.2, 0.25) is 0 Å². The Hall–Kier alpha value is 0.250. The molecule has 0 aliphatic heterocycles. The van der Waals surface area contributed by atoms with E-state index in [1.54, 1.807) is 0 Å². The summed E-state index contributed by atoms with van der Waals surface area (Å²) in [4.78, 5) is 0. The minimum atomic E-state index is -0.0510. The van der Waals surface area contributed by atoms with Crippen LogP contribution in [0.25, 0.3) is 0 Å². The summed E-state index contributed by atoms with van der Waals surface area (Å²) in [5.41, 5.74) is 0. The summed E-state index contributed by atoms with van der Waals surface area (Å²) in [6.07, 6.45) is 2.25. The Kier molecular flexibility index (Phi) is 5.21. The van der Waals surface area contributed by atoms with Gasteiger partial charge < -0.3 is 5.11 Å². The van der Waals surface area contributed by atoms with Crippen LogP contribution in [0.3, 0.4) is 0 Å². The van der Waals surface area contributed by atoms with E-state index in [0.717, 1.165) is 12.8 Å². The Labute approximate surface area is 62.0 Å². The summed E-state index contributed by atoms with van der Waals surface area (Å²) < 4.78 is 0. The molecule has 0 spiro atoms. The van der Waals surface area contributed by atoms with Crippen molar-refractivity contribution in [2.24, 2.45) is 5.92 Å². The molecule has 2 heteroatoms. The highest BCUT2D eigenvalue weighted by Gasteiger charge is 2.10. The lowest BCUT2D eigenvalue weighted by molar-refractivity contribution is 0.263. The Balaban J connectivity index is 3.32. The van der Waals surface area contributed by atoms with Crippen molar-refractivity contribution in [3.05, 3.63) is 0 Å². The highest BCUT2D eigenvalue weighted by molar-refractivity contribution is 6.20. The van der Waals surface area contributed by atoms with Gasteiger partial charge in [0.05, 0.1) is 12.0 Å². The molecule has 0 saturated heterocycles. The van der Waals surface area contributed by atoms with Gasteiger partial charge in [-0.05, 0) is 12.3 Å². The van der Waals surface area contributed by atoms with Crippen molar-refractivity contribution in [3.8, 4) is 0 Å². The summed E-state index contributed by atoms with van der Waals surface area (Å²) in [6.45, 7) is 4.29. The fourth-order valence-electron chi connectivity index (χ4n) is 0.816. The third-order valence-corrected chi connectivity index (χ3v) is 2.10. The van der Waals surface area contributed by atoms with Crippen LogP contribution in [0.15, 0.2) is 0 Å². The SMILES string of the molecule is CCCC(C)C(Cl)CO. The summed E-state index contributed by atoms with van der Waals surface area (Å²) in [7, 11) is 0. The molecule has 1 nitrogen and oxygen atoms in total. The minimum absolute atomic E-state index is 0.0510. The van der Waals surface area contributed by atoms with Crippen molar-refractivity contribution in [2.75, 3.05) is 6.61 Å². The molecular weight excluding hydrogens is 136 g/mol. The van der Waals surface area contributed by atoms with Crippen molar-refractivity contribution < 1.29 is 5.11 Å². The predicted octanol–water partition coefficient (Wildman–Crippen LogP) is 2.02. The number of alkyl halides is 1. The van der Waals surface area contributed by atoms with E-state index >= 15 is 0 Å². The van der Waals surface area contributed by atoms with Gasteiger partial charge in [0.15, 0.2) is 0 Å². The monoisotopic (exact) mass is 150 g/mol. The van der Waals surface area contributed by atoms with E-state index in [1.165, 1.54) is 0 Å². The first kappa shape index (κ1) is 9.25. The van der Waals surface area contributed by atoms with Gasteiger partial charge in [0.25, 0.3) is 0 Å². The van der Waals surface area contributed by atoms with Gasteiger partial charge in [-0.2, -0.15) is 0 Å². The van der Waals surface area contributed by atoms with Gasteiger partial charge >= 0.3 is 0 Å². The van der Waals surface area contributed by atoms with E-state index in [-0.39, 0.29) is 12.0 Å². The molecule has 0 rings (SSSR count). The molecule has 0 aromatic heterocycles.